The van der Waals surface area contributed by atoms with Gasteiger partial charge in [-0.2, -0.15) is 4.74 Å². The average Bonchev–Trinajstić information content (AvgIpc) is 2.78. The first-order valence-electron chi connectivity index (χ1n) is 6.72. The zero-order valence-electron chi connectivity index (χ0n) is 12.1. The Morgan fingerprint density at radius 1 is 1.14 bits per heavy atom. The fraction of sp³-hybridized carbons (Fsp3) is 0.118. The Morgan fingerprint density at radius 2 is 1.86 bits per heavy atom. The molecule has 1 aliphatic rings. The van der Waals surface area contributed by atoms with Gasteiger partial charge in [-0.15, -0.1) is 0 Å². The Labute approximate surface area is 127 Å². The summed E-state index contributed by atoms with van der Waals surface area (Å²) >= 11 is 0. The molecule has 0 amide bonds. The molecule has 0 aliphatic carbocycles. The maximum absolute atomic E-state index is 12.5. The topological polar surface area (TPSA) is 69.4 Å². The van der Waals surface area contributed by atoms with Crippen molar-refractivity contribution < 1.29 is 19.1 Å². The van der Waals surface area contributed by atoms with Gasteiger partial charge >= 0.3 is 5.97 Å². The highest BCUT2D eigenvalue weighted by atomic mass is 16.5. The van der Waals surface area contributed by atoms with Crippen LogP contribution in [0.4, 0.5) is 5.69 Å². The molecule has 1 heterocycles. The summed E-state index contributed by atoms with van der Waals surface area (Å²) in [6, 6.07) is 11.6. The van der Waals surface area contributed by atoms with Crippen LogP contribution in [0.3, 0.4) is 0 Å². The summed E-state index contributed by atoms with van der Waals surface area (Å²) < 4.78 is 5.23. The number of hydrogen-bond acceptors (Lipinski definition) is 4. The van der Waals surface area contributed by atoms with Crippen LogP contribution in [0.5, 0.6) is 0 Å². The van der Waals surface area contributed by atoms with Gasteiger partial charge in [0.25, 0.3) is 11.5 Å². The summed E-state index contributed by atoms with van der Waals surface area (Å²) in [7, 11) is 1.26. The van der Waals surface area contributed by atoms with E-state index in [1.54, 1.807) is 12.1 Å². The van der Waals surface area contributed by atoms with Crippen LogP contribution in [0.25, 0.3) is 0 Å². The number of carbonyl (C=O) groups excluding carboxylic acids is 2. The summed E-state index contributed by atoms with van der Waals surface area (Å²) in [5.74, 6) is -0.885. The van der Waals surface area contributed by atoms with Crippen molar-refractivity contribution in [2.24, 2.45) is 0 Å². The molecule has 1 aliphatic heterocycles. The number of rotatable bonds is 2. The van der Waals surface area contributed by atoms with Crippen molar-refractivity contribution in [3.63, 3.8) is 0 Å². The van der Waals surface area contributed by atoms with E-state index in [9.17, 15) is 14.8 Å². The molecule has 0 aromatic heterocycles. The summed E-state index contributed by atoms with van der Waals surface area (Å²) in [5.41, 5.74) is 2.22. The monoisotopic (exact) mass is 295 g/mol. The third-order valence-electron chi connectivity index (χ3n) is 3.70. The van der Waals surface area contributed by atoms with E-state index in [1.807, 2.05) is 19.1 Å². The van der Waals surface area contributed by atoms with Crippen LogP contribution >= 0.6 is 0 Å². The molecule has 0 saturated carbocycles. The largest absolute Gasteiger partial charge is 0.618 e. The second-order valence-electron chi connectivity index (χ2n) is 5.01. The van der Waals surface area contributed by atoms with Crippen molar-refractivity contribution in [3.8, 4) is 0 Å². The molecular formula is C17H13NO4. The van der Waals surface area contributed by atoms with Gasteiger partial charge < -0.3 is 9.94 Å². The molecule has 110 valence electrons. The van der Waals surface area contributed by atoms with Gasteiger partial charge in [-0.3, -0.25) is 4.79 Å². The number of aryl methyl sites for hydroxylation is 1. The van der Waals surface area contributed by atoms with E-state index in [4.69, 9.17) is 0 Å². The molecule has 0 fully saturated rings. The van der Waals surface area contributed by atoms with Crippen LogP contribution in [0.1, 0.15) is 31.8 Å². The number of fused-ring (bicyclic) bond motifs is 1. The lowest BCUT2D eigenvalue weighted by molar-refractivity contribution is -0.355. The van der Waals surface area contributed by atoms with Gasteiger partial charge in [0.2, 0.25) is 5.69 Å². The fourth-order valence-electron chi connectivity index (χ4n) is 2.55. The van der Waals surface area contributed by atoms with Crippen LogP contribution in [0, 0.1) is 12.1 Å². The summed E-state index contributed by atoms with van der Waals surface area (Å²) in [4.78, 5) is 24.1. The van der Waals surface area contributed by atoms with Gasteiger partial charge in [0.15, 0.2) is 0 Å². The summed E-state index contributed by atoms with van der Waals surface area (Å²) in [6.07, 6.45) is 0. The lowest BCUT2D eigenvalue weighted by Crippen LogP contribution is -2.17. The molecule has 0 radical (unpaired) electrons. The second kappa shape index (κ2) is 5.11. The number of carbonyl (C=O) groups is 2. The number of hydrogen-bond donors (Lipinski definition) is 0. The SMILES string of the molecule is COC(=O)c1ccc2c(c1)[N+]([O-])=C(c1ccccc1C)C2=O. The van der Waals surface area contributed by atoms with Crippen LogP contribution in [-0.4, -0.2) is 29.3 Å². The highest BCUT2D eigenvalue weighted by Crippen LogP contribution is 2.30. The van der Waals surface area contributed by atoms with Crippen LogP contribution in [0.2, 0.25) is 0 Å². The zero-order valence-corrected chi connectivity index (χ0v) is 12.1. The van der Waals surface area contributed by atoms with E-state index >= 15 is 0 Å². The van der Waals surface area contributed by atoms with Gasteiger partial charge in [-0.1, -0.05) is 18.2 Å². The predicted molar refractivity (Wildman–Crippen MR) is 80.7 cm³/mol. The molecule has 5 heteroatoms. The fourth-order valence-corrected chi connectivity index (χ4v) is 2.55. The molecule has 0 atom stereocenters. The van der Waals surface area contributed by atoms with Crippen molar-refractivity contribution >= 4 is 23.2 Å². The Morgan fingerprint density at radius 3 is 2.55 bits per heavy atom. The highest BCUT2D eigenvalue weighted by molar-refractivity contribution is 6.52. The quantitative estimate of drug-likeness (QED) is 0.485. The Kier molecular flexibility index (Phi) is 3.25. The van der Waals surface area contributed by atoms with Gasteiger partial charge in [0, 0.05) is 6.07 Å². The van der Waals surface area contributed by atoms with Gasteiger partial charge in [-0.25, -0.2) is 4.79 Å². The molecule has 0 saturated heterocycles. The Hall–Kier alpha value is -2.95. The molecule has 0 unspecified atom stereocenters. The van der Waals surface area contributed by atoms with Crippen molar-refractivity contribution in [2.75, 3.05) is 7.11 Å². The van der Waals surface area contributed by atoms with Crippen LogP contribution in [0.15, 0.2) is 42.5 Å². The van der Waals surface area contributed by atoms with E-state index in [0.29, 0.717) is 15.9 Å². The lowest BCUT2D eigenvalue weighted by Gasteiger charge is -2.05. The third-order valence-corrected chi connectivity index (χ3v) is 3.70. The zero-order chi connectivity index (χ0) is 15.9. The first-order valence-corrected chi connectivity index (χ1v) is 6.72. The van der Waals surface area contributed by atoms with Crippen molar-refractivity contribution in [3.05, 3.63) is 69.9 Å². The normalized spacial score (nSPS) is 13.3. The molecule has 3 rings (SSSR count). The van der Waals surface area contributed by atoms with Crippen LogP contribution in [-0.2, 0) is 4.74 Å². The number of esters is 1. The van der Waals surface area contributed by atoms with Crippen molar-refractivity contribution in [1.29, 1.82) is 0 Å². The van der Waals surface area contributed by atoms with E-state index in [-0.39, 0.29) is 22.7 Å². The molecule has 0 bridgehead atoms. The average molecular weight is 295 g/mol. The number of benzene rings is 2. The van der Waals surface area contributed by atoms with Gasteiger partial charge in [0.05, 0.1) is 18.2 Å². The molecule has 22 heavy (non-hydrogen) atoms. The van der Waals surface area contributed by atoms with Crippen molar-refractivity contribution in [2.45, 2.75) is 6.92 Å². The Bertz CT molecular complexity index is 836. The van der Waals surface area contributed by atoms with Gasteiger partial charge in [0.1, 0.15) is 5.56 Å². The van der Waals surface area contributed by atoms with Crippen LogP contribution < -0.4 is 0 Å². The predicted octanol–water partition coefficient (Wildman–Crippen LogP) is 2.61. The molecular weight excluding hydrogens is 282 g/mol. The smallest absolute Gasteiger partial charge is 0.338 e. The number of Topliss-reactive ketones (excluding diaryl/α,β-unsaturated/α-hetero) is 1. The minimum absolute atomic E-state index is 0.0788. The summed E-state index contributed by atoms with van der Waals surface area (Å²) in [6.45, 7) is 1.84. The van der Waals surface area contributed by atoms with E-state index < -0.39 is 5.97 Å². The van der Waals surface area contributed by atoms with E-state index in [1.165, 1.54) is 25.3 Å². The first-order chi connectivity index (χ1) is 10.5. The molecule has 0 spiro atoms. The van der Waals surface area contributed by atoms with Crippen molar-refractivity contribution in [1.82, 2.24) is 0 Å². The van der Waals surface area contributed by atoms with E-state index in [0.717, 1.165) is 5.56 Å². The first kappa shape index (κ1) is 14.0. The number of ether oxygens (including phenoxy) is 1. The standard InChI is InChI=1S/C17H13NO4/c1-10-5-3-4-6-12(10)15-16(19)13-8-7-11(17(20)22-2)9-14(13)18(15)21/h3-9H,1-2H3. The number of nitrogens with zero attached hydrogens (tertiary/aromatic N) is 1. The number of ketones is 1. The minimum Gasteiger partial charge on any atom is -0.618 e. The number of methoxy groups -OCH3 is 1. The molecule has 0 N–H and O–H groups in total. The molecule has 5 nitrogen and oxygen atoms in total. The lowest BCUT2D eigenvalue weighted by atomic mass is 9.99. The Balaban J connectivity index is 2.18. The second-order valence-corrected chi connectivity index (χ2v) is 5.01. The third kappa shape index (κ3) is 1.98. The highest BCUT2D eigenvalue weighted by Gasteiger charge is 2.37. The maximum atomic E-state index is 12.5. The molecule has 2 aromatic carbocycles. The minimum atomic E-state index is -0.548. The maximum Gasteiger partial charge on any atom is 0.338 e. The van der Waals surface area contributed by atoms with Gasteiger partial charge in [-0.05, 0) is 30.7 Å². The molecule has 2 aromatic rings. The summed E-state index contributed by atoms with van der Waals surface area (Å²) in [5, 5.41) is 12.5. The van der Waals surface area contributed by atoms with E-state index in [2.05, 4.69) is 4.74 Å².